The summed E-state index contributed by atoms with van der Waals surface area (Å²) in [4.78, 5) is 37.0. The van der Waals surface area contributed by atoms with Crippen LogP contribution in [-0.2, 0) is 28.6 Å². The average molecular weight is 832 g/mol. The molecule has 59 heavy (non-hydrogen) atoms. The number of allylic oxidation sites excluding steroid dienone is 6. The molecular formula is C51H93NO7. The second kappa shape index (κ2) is 42.2. The van der Waals surface area contributed by atoms with Crippen molar-refractivity contribution in [2.24, 2.45) is 0 Å². The van der Waals surface area contributed by atoms with Crippen LogP contribution in [0.3, 0.4) is 0 Å². The van der Waals surface area contributed by atoms with Crippen molar-refractivity contribution >= 4 is 17.9 Å². The first kappa shape index (κ1) is 56.5. The molecule has 0 amide bonds. The summed E-state index contributed by atoms with van der Waals surface area (Å²) in [6.07, 6.45) is 48.8. The van der Waals surface area contributed by atoms with Gasteiger partial charge < -0.3 is 28.6 Å². The van der Waals surface area contributed by atoms with Gasteiger partial charge in [-0.1, -0.05) is 172 Å². The van der Waals surface area contributed by atoms with Crippen molar-refractivity contribution in [3.8, 4) is 0 Å². The van der Waals surface area contributed by atoms with Crippen molar-refractivity contribution in [2.45, 2.75) is 231 Å². The number of hydrogen-bond acceptors (Lipinski definition) is 7. The quantitative estimate of drug-likeness (QED) is 0.0198. The van der Waals surface area contributed by atoms with Gasteiger partial charge in [-0.15, -0.1) is 0 Å². The van der Waals surface area contributed by atoms with Gasteiger partial charge in [-0.05, 0) is 64.2 Å². The molecule has 0 saturated carbocycles. The van der Waals surface area contributed by atoms with E-state index in [2.05, 4.69) is 50.3 Å². The van der Waals surface area contributed by atoms with Gasteiger partial charge in [0.15, 0.2) is 6.10 Å². The molecule has 0 saturated heterocycles. The average Bonchev–Trinajstić information content (AvgIpc) is 3.19. The molecule has 0 aromatic heterocycles. The van der Waals surface area contributed by atoms with Crippen LogP contribution in [0.15, 0.2) is 36.5 Å². The van der Waals surface area contributed by atoms with Crippen LogP contribution >= 0.6 is 0 Å². The third-order valence-electron chi connectivity index (χ3n) is 11.0. The van der Waals surface area contributed by atoms with E-state index in [0.717, 1.165) is 38.5 Å². The van der Waals surface area contributed by atoms with Gasteiger partial charge in [0.05, 0.1) is 40.3 Å². The highest BCUT2D eigenvalue weighted by Gasteiger charge is 2.25. The van der Waals surface area contributed by atoms with E-state index >= 15 is 0 Å². The van der Waals surface area contributed by atoms with E-state index < -0.39 is 18.1 Å². The predicted octanol–water partition coefficient (Wildman–Crippen LogP) is 12.5. The van der Waals surface area contributed by atoms with Crippen LogP contribution in [0.25, 0.3) is 0 Å². The van der Waals surface area contributed by atoms with E-state index in [1.165, 1.54) is 148 Å². The van der Waals surface area contributed by atoms with Crippen LogP contribution in [0.1, 0.15) is 219 Å². The third-order valence-corrected chi connectivity index (χ3v) is 11.0. The fourth-order valence-electron chi connectivity index (χ4n) is 7.17. The van der Waals surface area contributed by atoms with Gasteiger partial charge in [0.25, 0.3) is 0 Å². The number of carbonyl (C=O) groups excluding carboxylic acids is 3. The summed E-state index contributed by atoms with van der Waals surface area (Å²) in [5.41, 5.74) is 0. The van der Waals surface area contributed by atoms with Crippen LogP contribution in [0.2, 0.25) is 0 Å². The van der Waals surface area contributed by atoms with Gasteiger partial charge in [0.2, 0.25) is 0 Å². The summed E-state index contributed by atoms with van der Waals surface area (Å²) in [6.45, 7) is 4.64. The SMILES string of the molecule is CCCCCC/C=C/C=C/CCCCCCCCCCCCC(=O)OCC(COCCC(C(=O)[O-])[N+](C)(C)C)OC(=O)CCCCCCCCC/C=C/CCCCCC. The minimum Gasteiger partial charge on any atom is -0.544 e. The molecule has 8 nitrogen and oxygen atoms in total. The van der Waals surface area contributed by atoms with Crippen LogP contribution in [0, 0.1) is 0 Å². The maximum atomic E-state index is 12.7. The van der Waals surface area contributed by atoms with E-state index in [1.54, 1.807) is 21.1 Å². The van der Waals surface area contributed by atoms with Gasteiger partial charge in [0.1, 0.15) is 12.6 Å². The summed E-state index contributed by atoms with van der Waals surface area (Å²) in [7, 11) is 5.41. The number of carboxylic acids is 1. The smallest absolute Gasteiger partial charge is 0.306 e. The second-order valence-corrected chi connectivity index (χ2v) is 17.7. The molecule has 8 heteroatoms. The molecule has 0 aliphatic rings. The lowest BCUT2D eigenvalue weighted by atomic mass is 10.1. The van der Waals surface area contributed by atoms with E-state index in [9.17, 15) is 19.5 Å². The Bertz CT molecular complexity index is 1060. The first-order valence-corrected chi connectivity index (χ1v) is 24.5. The highest BCUT2D eigenvalue weighted by molar-refractivity contribution is 5.70. The Morgan fingerprint density at radius 2 is 0.898 bits per heavy atom. The second-order valence-electron chi connectivity index (χ2n) is 17.7. The van der Waals surface area contributed by atoms with Crippen LogP contribution in [-0.4, -0.2) is 75.5 Å². The minimum absolute atomic E-state index is 0.0396. The fourth-order valence-corrected chi connectivity index (χ4v) is 7.17. The predicted molar refractivity (Wildman–Crippen MR) is 245 cm³/mol. The van der Waals surface area contributed by atoms with Crippen LogP contribution < -0.4 is 5.11 Å². The number of likely N-dealkylation sites (N-methyl/N-ethyl adjacent to an activating group) is 1. The maximum Gasteiger partial charge on any atom is 0.306 e. The molecule has 0 fully saturated rings. The summed E-state index contributed by atoms with van der Waals surface area (Å²) in [6, 6.07) is -0.726. The molecule has 2 unspecified atom stereocenters. The molecule has 0 aromatic rings. The Hall–Kier alpha value is -2.45. The largest absolute Gasteiger partial charge is 0.544 e. The van der Waals surface area contributed by atoms with E-state index in [1.807, 2.05) is 0 Å². The maximum absolute atomic E-state index is 12.7. The molecule has 344 valence electrons. The number of hydrogen-bond donors (Lipinski definition) is 0. The fraction of sp³-hybridized carbons (Fsp3) is 0.824. The standard InChI is InChI=1S/C51H93NO7/c1-6-8-10-12-14-16-18-20-22-23-24-25-26-28-29-31-33-35-37-39-41-49(53)58-46-47(45-57-44-43-48(51(55)56)52(3,4)5)59-50(54)42-40-38-36-34-32-30-27-21-19-17-15-13-11-9-7-2/h16-20,22,47-48H,6-15,21,23-46H2,1-5H3/b18-16+,19-17+,22-20+. The number of aliphatic carboxylic acids is 1. The zero-order valence-electron chi connectivity index (χ0n) is 39.2. The first-order chi connectivity index (χ1) is 28.6. The van der Waals surface area contributed by atoms with Gasteiger partial charge in [0, 0.05) is 19.3 Å². The highest BCUT2D eigenvalue weighted by Crippen LogP contribution is 2.15. The molecule has 0 heterocycles. The normalized spacial score (nSPS) is 13.2. The molecule has 0 N–H and O–H groups in total. The molecule has 0 aliphatic carbocycles. The topological polar surface area (TPSA) is 102 Å². The monoisotopic (exact) mass is 832 g/mol. The number of rotatable bonds is 44. The summed E-state index contributed by atoms with van der Waals surface area (Å²) >= 11 is 0. The van der Waals surface area contributed by atoms with Crippen molar-refractivity contribution < 1.29 is 38.2 Å². The Morgan fingerprint density at radius 1 is 0.508 bits per heavy atom. The number of esters is 2. The van der Waals surface area contributed by atoms with Crippen LogP contribution in [0.4, 0.5) is 0 Å². The number of unbranched alkanes of at least 4 members (excludes halogenated alkanes) is 25. The molecule has 0 bridgehead atoms. The van der Waals surface area contributed by atoms with Crippen molar-refractivity contribution in [3.63, 3.8) is 0 Å². The molecule has 0 aliphatic heterocycles. The van der Waals surface area contributed by atoms with E-state index in [4.69, 9.17) is 14.2 Å². The molecule has 0 aromatic carbocycles. The highest BCUT2D eigenvalue weighted by atomic mass is 16.6. The van der Waals surface area contributed by atoms with E-state index in [-0.39, 0.29) is 42.7 Å². The van der Waals surface area contributed by atoms with Crippen molar-refractivity contribution in [1.82, 2.24) is 0 Å². The first-order valence-electron chi connectivity index (χ1n) is 24.5. The van der Waals surface area contributed by atoms with Gasteiger partial charge in [-0.2, -0.15) is 0 Å². The third kappa shape index (κ3) is 40.7. The Morgan fingerprint density at radius 3 is 1.32 bits per heavy atom. The van der Waals surface area contributed by atoms with Crippen molar-refractivity contribution in [1.29, 1.82) is 0 Å². The summed E-state index contributed by atoms with van der Waals surface area (Å²) in [5.74, 6) is -1.74. The molecule has 2 atom stereocenters. The van der Waals surface area contributed by atoms with Crippen LogP contribution in [0.5, 0.6) is 0 Å². The number of nitrogens with zero attached hydrogens (tertiary/aromatic N) is 1. The number of carboxylic acid groups (broad SMARTS) is 1. The minimum atomic E-state index is -1.12. The lowest BCUT2D eigenvalue weighted by Gasteiger charge is -2.34. The Labute approximate surface area is 364 Å². The van der Waals surface area contributed by atoms with Crippen molar-refractivity contribution in [2.75, 3.05) is 41.0 Å². The molecule has 0 spiro atoms. The van der Waals surface area contributed by atoms with Crippen molar-refractivity contribution in [3.05, 3.63) is 36.5 Å². The zero-order chi connectivity index (χ0) is 43.5. The lowest BCUT2D eigenvalue weighted by molar-refractivity contribution is -0.889. The number of carbonyl (C=O) groups is 3. The number of quaternary nitrogens is 1. The number of ether oxygens (including phenoxy) is 3. The zero-order valence-corrected chi connectivity index (χ0v) is 39.2. The Kier molecular flexibility index (Phi) is 40.5. The van der Waals surface area contributed by atoms with Gasteiger partial charge in [-0.25, -0.2) is 0 Å². The summed E-state index contributed by atoms with van der Waals surface area (Å²) < 4.78 is 17.2. The molecule has 0 rings (SSSR count). The lowest BCUT2D eigenvalue weighted by Crippen LogP contribution is -2.55. The Balaban J connectivity index is 4.26. The van der Waals surface area contributed by atoms with Gasteiger partial charge >= 0.3 is 11.9 Å². The van der Waals surface area contributed by atoms with Gasteiger partial charge in [-0.3, -0.25) is 9.59 Å². The molecular weight excluding hydrogens is 739 g/mol. The summed E-state index contributed by atoms with van der Waals surface area (Å²) in [5, 5.41) is 11.6. The molecule has 0 radical (unpaired) electrons. The van der Waals surface area contributed by atoms with E-state index in [0.29, 0.717) is 12.8 Å².